The average Bonchev–Trinajstić information content (AvgIpc) is 3.37. The van der Waals surface area contributed by atoms with Gasteiger partial charge in [-0.15, -0.1) is 0 Å². The number of carbonyl (C=O) groups is 1. The summed E-state index contributed by atoms with van der Waals surface area (Å²) in [6, 6.07) is 7.75. The number of carbonyl (C=O) groups excluding carboxylic acids is 1. The fraction of sp³-hybridized carbons (Fsp3) is 0.440. The molecule has 5 rings (SSSR count). The van der Waals surface area contributed by atoms with E-state index in [-0.39, 0.29) is 19.1 Å². The summed E-state index contributed by atoms with van der Waals surface area (Å²) >= 11 is 0. The highest BCUT2D eigenvalue weighted by atomic mass is 16.5. The van der Waals surface area contributed by atoms with Crippen LogP contribution >= 0.6 is 0 Å². The van der Waals surface area contributed by atoms with Crippen LogP contribution < -0.4 is 15.4 Å². The molecule has 10 heteroatoms. The number of fused-ring (bicyclic) bond motifs is 1. The summed E-state index contributed by atoms with van der Waals surface area (Å²) in [6.45, 7) is 2.40. The molecule has 3 aromatic heterocycles. The van der Waals surface area contributed by atoms with Crippen LogP contribution in [0.1, 0.15) is 46.6 Å². The SMILES string of the molecule is O=C(NC[C@H](O)CN1CCc2nc(OCc3cnco3)ccc2C1)c1ccnc(NC2CCC2)c1. The third kappa shape index (κ3) is 6.14. The molecule has 3 N–H and O–H groups in total. The lowest BCUT2D eigenvalue weighted by molar-refractivity contribution is 0.0840. The molecule has 0 saturated heterocycles. The van der Waals surface area contributed by atoms with E-state index in [4.69, 9.17) is 9.15 Å². The topological polar surface area (TPSA) is 126 Å². The maximum atomic E-state index is 12.6. The monoisotopic (exact) mass is 478 g/mol. The number of hydrogen-bond donors (Lipinski definition) is 3. The maximum Gasteiger partial charge on any atom is 0.251 e. The number of ether oxygens (including phenoxy) is 1. The van der Waals surface area contributed by atoms with Gasteiger partial charge >= 0.3 is 0 Å². The number of anilines is 1. The minimum atomic E-state index is -0.674. The van der Waals surface area contributed by atoms with E-state index >= 15 is 0 Å². The van der Waals surface area contributed by atoms with Crippen molar-refractivity contribution in [1.29, 1.82) is 0 Å². The molecule has 1 atom stereocenters. The lowest BCUT2D eigenvalue weighted by Gasteiger charge is -2.30. The maximum absolute atomic E-state index is 12.6. The van der Waals surface area contributed by atoms with E-state index in [1.807, 2.05) is 12.1 Å². The molecule has 184 valence electrons. The molecule has 0 spiro atoms. The molecule has 0 unspecified atom stereocenters. The van der Waals surface area contributed by atoms with Crippen LogP contribution in [0.15, 0.2) is 47.5 Å². The number of pyridine rings is 2. The van der Waals surface area contributed by atoms with Crippen LogP contribution in [-0.2, 0) is 19.6 Å². The highest BCUT2D eigenvalue weighted by Crippen LogP contribution is 2.23. The third-order valence-electron chi connectivity index (χ3n) is 6.39. The van der Waals surface area contributed by atoms with Gasteiger partial charge in [0.25, 0.3) is 5.91 Å². The molecule has 0 aromatic carbocycles. The summed E-state index contributed by atoms with van der Waals surface area (Å²) in [4.78, 5) is 27.5. The number of amides is 1. The van der Waals surface area contributed by atoms with Gasteiger partial charge in [-0.3, -0.25) is 9.69 Å². The molecule has 35 heavy (non-hydrogen) atoms. The van der Waals surface area contributed by atoms with Crippen LogP contribution in [-0.4, -0.2) is 62.6 Å². The number of aliphatic hydroxyl groups is 1. The van der Waals surface area contributed by atoms with Crippen molar-refractivity contribution in [2.45, 2.75) is 51.0 Å². The lowest BCUT2D eigenvalue weighted by Crippen LogP contribution is -2.42. The first-order chi connectivity index (χ1) is 17.1. The summed E-state index contributed by atoms with van der Waals surface area (Å²) in [7, 11) is 0. The van der Waals surface area contributed by atoms with E-state index in [0.717, 1.165) is 42.9 Å². The second kappa shape index (κ2) is 10.8. The summed E-state index contributed by atoms with van der Waals surface area (Å²) in [5.74, 6) is 1.70. The second-order valence-electron chi connectivity index (χ2n) is 9.06. The van der Waals surface area contributed by atoms with Gasteiger partial charge in [0, 0.05) is 56.5 Å². The van der Waals surface area contributed by atoms with Crippen molar-refractivity contribution in [2.24, 2.45) is 0 Å². The van der Waals surface area contributed by atoms with Gasteiger partial charge in [-0.05, 0) is 37.0 Å². The van der Waals surface area contributed by atoms with Crippen LogP contribution in [0.5, 0.6) is 5.88 Å². The minimum absolute atomic E-state index is 0.183. The Labute approximate surface area is 203 Å². The largest absolute Gasteiger partial charge is 0.469 e. The quantitative estimate of drug-likeness (QED) is 0.402. The molecule has 1 saturated carbocycles. The van der Waals surface area contributed by atoms with Crippen molar-refractivity contribution in [3.8, 4) is 5.88 Å². The Morgan fingerprint density at radius 3 is 3.03 bits per heavy atom. The summed E-state index contributed by atoms with van der Waals surface area (Å²) in [6.07, 6.45) is 8.22. The Morgan fingerprint density at radius 1 is 1.31 bits per heavy atom. The van der Waals surface area contributed by atoms with Crippen molar-refractivity contribution >= 4 is 11.7 Å². The van der Waals surface area contributed by atoms with Crippen LogP contribution in [0.4, 0.5) is 5.82 Å². The van der Waals surface area contributed by atoms with Crippen LogP contribution in [0.25, 0.3) is 0 Å². The van der Waals surface area contributed by atoms with Gasteiger partial charge in [-0.2, -0.15) is 0 Å². The van der Waals surface area contributed by atoms with E-state index in [2.05, 4.69) is 30.5 Å². The number of β-amino-alcohol motifs (C(OH)–C–C–N with tert-alkyl or cyclic N) is 1. The fourth-order valence-electron chi connectivity index (χ4n) is 4.24. The zero-order chi connectivity index (χ0) is 24.0. The molecule has 1 aliphatic heterocycles. The Bertz CT molecular complexity index is 1130. The van der Waals surface area contributed by atoms with E-state index in [0.29, 0.717) is 36.3 Å². The van der Waals surface area contributed by atoms with Gasteiger partial charge < -0.3 is 24.9 Å². The minimum Gasteiger partial charge on any atom is -0.469 e. The molecule has 2 aliphatic rings. The zero-order valence-corrected chi connectivity index (χ0v) is 19.5. The molecular formula is C25H30N6O4. The number of aliphatic hydroxyl groups excluding tert-OH is 1. The highest BCUT2D eigenvalue weighted by molar-refractivity contribution is 5.94. The van der Waals surface area contributed by atoms with Gasteiger partial charge in [0.1, 0.15) is 12.4 Å². The number of rotatable bonds is 10. The molecule has 1 fully saturated rings. The molecule has 0 bridgehead atoms. The van der Waals surface area contributed by atoms with Crippen molar-refractivity contribution in [1.82, 2.24) is 25.2 Å². The normalized spacial score (nSPS) is 16.7. The number of aromatic nitrogens is 3. The highest BCUT2D eigenvalue weighted by Gasteiger charge is 2.21. The van der Waals surface area contributed by atoms with Crippen LogP contribution in [0.2, 0.25) is 0 Å². The first-order valence-electron chi connectivity index (χ1n) is 12.0. The predicted octanol–water partition coefficient (Wildman–Crippen LogP) is 2.16. The van der Waals surface area contributed by atoms with Crippen LogP contribution in [0, 0.1) is 0 Å². The van der Waals surface area contributed by atoms with Gasteiger partial charge in [-0.1, -0.05) is 6.07 Å². The first kappa shape index (κ1) is 23.3. The van der Waals surface area contributed by atoms with E-state index in [9.17, 15) is 9.90 Å². The molecule has 0 radical (unpaired) electrons. The predicted molar refractivity (Wildman–Crippen MR) is 128 cm³/mol. The number of oxazole rings is 1. The summed E-state index contributed by atoms with van der Waals surface area (Å²) < 4.78 is 10.9. The average molecular weight is 479 g/mol. The Morgan fingerprint density at radius 2 is 2.23 bits per heavy atom. The molecule has 1 amide bonds. The van der Waals surface area contributed by atoms with Gasteiger partial charge in [0.15, 0.2) is 12.2 Å². The van der Waals surface area contributed by atoms with Crippen LogP contribution in [0.3, 0.4) is 0 Å². The number of nitrogens with one attached hydrogen (secondary N) is 2. The molecular weight excluding hydrogens is 448 g/mol. The van der Waals surface area contributed by atoms with Gasteiger partial charge in [0.05, 0.1) is 18.0 Å². The Hall–Kier alpha value is -3.50. The first-order valence-corrected chi connectivity index (χ1v) is 12.0. The van der Waals surface area contributed by atoms with E-state index < -0.39 is 6.10 Å². The van der Waals surface area contributed by atoms with E-state index in [1.165, 1.54) is 12.8 Å². The van der Waals surface area contributed by atoms with Crippen molar-refractivity contribution < 1.29 is 19.1 Å². The standard InChI is InChI=1S/C25H30N6O4/c32-20(11-28-25(33)17-6-8-27-23(10-17)29-19-2-1-3-19)14-31-9-7-22-18(13-31)4-5-24(30-22)34-15-21-12-26-16-35-21/h4-6,8,10,12,16,19-20,32H,1-3,7,9,11,13-15H2,(H,27,29)(H,28,33)/t20-/m0/s1. The third-order valence-corrected chi connectivity index (χ3v) is 6.39. The number of hydrogen-bond acceptors (Lipinski definition) is 9. The van der Waals surface area contributed by atoms with Crippen molar-refractivity contribution in [3.05, 3.63) is 65.6 Å². The lowest BCUT2D eigenvalue weighted by atomic mass is 9.93. The van der Waals surface area contributed by atoms with Crippen molar-refractivity contribution in [2.75, 3.05) is 25.0 Å². The molecule has 3 aromatic rings. The second-order valence-corrected chi connectivity index (χ2v) is 9.06. The zero-order valence-electron chi connectivity index (χ0n) is 19.5. The Balaban J connectivity index is 1.07. The smallest absolute Gasteiger partial charge is 0.251 e. The summed E-state index contributed by atoms with van der Waals surface area (Å²) in [5.41, 5.74) is 2.65. The Kier molecular flexibility index (Phi) is 7.20. The van der Waals surface area contributed by atoms with E-state index in [1.54, 1.807) is 24.5 Å². The number of nitrogens with zero attached hydrogens (tertiary/aromatic N) is 4. The van der Waals surface area contributed by atoms with Gasteiger partial charge in [0.2, 0.25) is 5.88 Å². The van der Waals surface area contributed by atoms with Crippen molar-refractivity contribution in [3.63, 3.8) is 0 Å². The molecule has 1 aliphatic carbocycles. The van der Waals surface area contributed by atoms with Gasteiger partial charge in [-0.25, -0.2) is 15.0 Å². The molecule has 4 heterocycles. The fourth-order valence-corrected chi connectivity index (χ4v) is 4.24. The summed E-state index contributed by atoms with van der Waals surface area (Å²) in [5, 5.41) is 16.7. The molecule has 10 nitrogen and oxygen atoms in total.